The van der Waals surface area contributed by atoms with Gasteiger partial charge in [-0.1, -0.05) is 0 Å². The van der Waals surface area contributed by atoms with Crippen LogP contribution in [0.1, 0.15) is 18.7 Å². The molecule has 1 unspecified atom stereocenters. The maximum Gasteiger partial charge on any atom is 0.266 e. The van der Waals surface area contributed by atoms with Crippen molar-refractivity contribution >= 4 is 16.9 Å². The number of hydrogen-bond acceptors (Lipinski definition) is 6. The maximum atomic E-state index is 12.0. The van der Waals surface area contributed by atoms with Crippen LogP contribution in [0.25, 0.3) is 11.0 Å². The second-order valence-corrected chi connectivity index (χ2v) is 6.13. The monoisotopic (exact) mass is 325 g/mol. The van der Waals surface area contributed by atoms with E-state index in [9.17, 15) is 4.79 Å². The smallest absolute Gasteiger partial charge is 0.266 e. The highest BCUT2D eigenvalue weighted by Crippen LogP contribution is 2.30. The van der Waals surface area contributed by atoms with Crippen molar-refractivity contribution in [1.82, 2.24) is 29.5 Å². The van der Waals surface area contributed by atoms with Crippen molar-refractivity contribution in [2.75, 3.05) is 11.4 Å². The van der Waals surface area contributed by atoms with Crippen molar-refractivity contribution in [3.63, 3.8) is 0 Å². The zero-order valence-electron chi connectivity index (χ0n) is 13.8. The third kappa shape index (κ3) is 2.44. The van der Waals surface area contributed by atoms with Crippen molar-refractivity contribution in [2.24, 2.45) is 7.05 Å². The SMILES string of the molecule is Cc1nc(N2CCCC2Cn2ncccc2=O)c2cnn(C)c2n1. The molecule has 1 fully saturated rings. The zero-order chi connectivity index (χ0) is 16.7. The summed E-state index contributed by atoms with van der Waals surface area (Å²) in [4.78, 5) is 23.4. The Kier molecular flexibility index (Phi) is 3.51. The minimum atomic E-state index is -0.0743. The molecule has 8 nitrogen and oxygen atoms in total. The fourth-order valence-corrected chi connectivity index (χ4v) is 3.36. The van der Waals surface area contributed by atoms with Crippen molar-refractivity contribution in [1.29, 1.82) is 0 Å². The molecule has 4 rings (SSSR count). The van der Waals surface area contributed by atoms with Gasteiger partial charge in [-0.15, -0.1) is 0 Å². The second kappa shape index (κ2) is 5.70. The summed E-state index contributed by atoms with van der Waals surface area (Å²) in [6, 6.07) is 3.40. The van der Waals surface area contributed by atoms with Crippen molar-refractivity contribution in [2.45, 2.75) is 32.4 Å². The highest BCUT2D eigenvalue weighted by Gasteiger charge is 2.29. The Labute approximate surface area is 138 Å². The van der Waals surface area contributed by atoms with Gasteiger partial charge in [0.25, 0.3) is 5.56 Å². The molecule has 0 spiro atoms. The van der Waals surface area contributed by atoms with E-state index in [0.29, 0.717) is 6.54 Å². The van der Waals surface area contributed by atoms with Crippen LogP contribution in [0.15, 0.2) is 29.3 Å². The molecule has 1 aliphatic heterocycles. The molecule has 1 atom stereocenters. The van der Waals surface area contributed by atoms with Gasteiger partial charge < -0.3 is 4.90 Å². The maximum absolute atomic E-state index is 12.0. The molecule has 0 radical (unpaired) electrons. The molecule has 24 heavy (non-hydrogen) atoms. The molecule has 0 N–H and O–H groups in total. The average Bonchev–Trinajstić information content (AvgIpc) is 3.16. The van der Waals surface area contributed by atoms with Gasteiger partial charge in [-0.25, -0.2) is 14.6 Å². The fraction of sp³-hybridized carbons (Fsp3) is 0.438. The third-order valence-corrected chi connectivity index (χ3v) is 4.50. The largest absolute Gasteiger partial charge is 0.351 e. The van der Waals surface area contributed by atoms with E-state index in [4.69, 9.17) is 0 Å². The predicted octanol–water partition coefficient (Wildman–Crippen LogP) is 0.897. The number of fused-ring (bicyclic) bond motifs is 1. The van der Waals surface area contributed by atoms with E-state index in [0.717, 1.165) is 42.1 Å². The quantitative estimate of drug-likeness (QED) is 0.711. The number of anilines is 1. The van der Waals surface area contributed by atoms with E-state index in [2.05, 4.69) is 25.1 Å². The van der Waals surface area contributed by atoms with Crippen LogP contribution >= 0.6 is 0 Å². The first-order valence-electron chi connectivity index (χ1n) is 8.08. The molecule has 124 valence electrons. The van der Waals surface area contributed by atoms with Gasteiger partial charge in [0.1, 0.15) is 11.6 Å². The fourth-order valence-electron chi connectivity index (χ4n) is 3.36. The normalized spacial score (nSPS) is 17.8. The zero-order valence-corrected chi connectivity index (χ0v) is 13.8. The number of hydrogen-bond donors (Lipinski definition) is 0. The van der Waals surface area contributed by atoms with Crippen LogP contribution in [-0.2, 0) is 13.6 Å². The minimum absolute atomic E-state index is 0.0743. The number of aromatic nitrogens is 6. The summed E-state index contributed by atoms with van der Waals surface area (Å²) in [6.45, 7) is 3.36. The Hall–Kier alpha value is -2.77. The summed E-state index contributed by atoms with van der Waals surface area (Å²) in [7, 11) is 1.88. The number of aryl methyl sites for hydroxylation is 2. The van der Waals surface area contributed by atoms with Gasteiger partial charge >= 0.3 is 0 Å². The van der Waals surface area contributed by atoms with Gasteiger partial charge in [0.15, 0.2) is 5.65 Å². The van der Waals surface area contributed by atoms with E-state index in [1.54, 1.807) is 23.0 Å². The first kappa shape index (κ1) is 14.8. The topological polar surface area (TPSA) is 81.7 Å². The second-order valence-electron chi connectivity index (χ2n) is 6.13. The van der Waals surface area contributed by atoms with Gasteiger partial charge in [-0.05, 0) is 25.8 Å². The van der Waals surface area contributed by atoms with E-state index in [1.165, 1.54) is 4.68 Å². The van der Waals surface area contributed by atoms with Crippen LogP contribution in [0.3, 0.4) is 0 Å². The molecule has 0 saturated carbocycles. The molecule has 1 aliphatic rings. The van der Waals surface area contributed by atoms with Crippen LogP contribution in [0.4, 0.5) is 5.82 Å². The Balaban J connectivity index is 1.73. The molecule has 0 amide bonds. The lowest BCUT2D eigenvalue weighted by atomic mass is 10.2. The van der Waals surface area contributed by atoms with Crippen LogP contribution in [0, 0.1) is 6.92 Å². The summed E-state index contributed by atoms with van der Waals surface area (Å²) in [5.74, 6) is 1.62. The molecule has 3 aromatic rings. The molecule has 1 saturated heterocycles. The molecule has 8 heteroatoms. The number of nitrogens with zero attached hydrogens (tertiary/aromatic N) is 7. The lowest BCUT2D eigenvalue weighted by Crippen LogP contribution is -2.37. The van der Waals surface area contributed by atoms with E-state index < -0.39 is 0 Å². The first-order chi connectivity index (χ1) is 11.6. The highest BCUT2D eigenvalue weighted by atomic mass is 16.1. The average molecular weight is 325 g/mol. The molecular weight excluding hydrogens is 306 g/mol. The molecule has 0 aromatic carbocycles. The summed E-state index contributed by atoms with van der Waals surface area (Å²) in [5.41, 5.74) is 0.757. The van der Waals surface area contributed by atoms with Crippen LogP contribution in [0.2, 0.25) is 0 Å². The Morgan fingerprint density at radius 2 is 2.17 bits per heavy atom. The molecule has 4 heterocycles. The molecule has 0 aliphatic carbocycles. The summed E-state index contributed by atoms with van der Waals surface area (Å²) in [6.07, 6.45) is 5.53. The highest BCUT2D eigenvalue weighted by molar-refractivity contribution is 5.87. The molecular formula is C16H19N7O. The van der Waals surface area contributed by atoms with Gasteiger partial charge in [0.05, 0.1) is 24.2 Å². The van der Waals surface area contributed by atoms with Gasteiger partial charge in [-0.2, -0.15) is 10.2 Å². The van der Waals surface area contributed by atoms with E-state index >= 15 is 0 Å². The summed E-state index contributed by atoms with van der Waals surface area (Å²) >= 11 is 0. The van der Waals surface area contributed by atoms with Crippen molar-refractivity contribution < 1.29 is 0 Å². The lowest BCUT2D eigenvalue weighted by Gasteiger charge is -2.26. The van der Waals surface area contributed by atoms with Gasteiger partial charge in [-0.3, -0.25) is 9.48 Å². The molecule has 0 bridgehead atoms. The standard InChI is InChI=1S/C16H19N7O/c1-11-19-15-13(9-18-21(15)2)16(20-11)22-8-4-5-12(22)10-23-14(24)6-3-7-17-23/h3,6-7,9,12H,4-5,8,10H2,1-2H3. The predicted molar refractivity (Wildman–Crippen MR) is 89.9 cm³/mol. The number of rotatable bonds is 3. The Morgan fingerprint density at radius 3 is 3.00 bits per heavy atom. The van der Waals surface area contributed by atoms with Crippen molar-refractivity contribution in [3.8, 4) is 0 Å². The van der Waals surface area contributed by atoms with Crippen molar-refractivity contribution in [3.05, 3.63) is 40.7 Å². The first-order valence-corrected chi connectivity index (χ1v) is 8.08. The minimum Gasteiger partial charge on any atom is -0.351 e. The van der Waals surface area contributed by atoms with E-state index in [-0.39, 0.29) is 11.6 Å². The lowest BCUT2D eigenvalue weighted by molar-refractivity contribution is 0.487. The summed E-state index contributed by atoms with van der Waals surface area (Å²) < 4.78 is 3.29. The molecule has 3 aromatic heterocycles. The third-order valence-electron chi connectivity index (χ3n) is 4.50. The Bertz CT molecular complexity index is 945. The van der Waals surface area contributed by atoms with Crippen LogP contribution in [0.5, 0.6) is 0 Å². The van der Waals surface area contributed by atoms with Gasteiger partial charge in [0, 0.05) is 25.9 Å². The Morgan fingerprint density at radius 1 is 1.29 bits per heavy atom. The summed E-state index contributed by atoms with van der Waals surface area (Å²) in [5, 5.41) is 9.44. The van der Waals surface area contributed by atoms with Crippen LogP contribution in [-0.4, -0.2) is 42.1 Å². The van der Waals surface area contributed by atoms with Gasteiger partial charge in [0.2, 0.25) is 0 Å². The van der Waals surface area contributed by atoms with Crippen LogP contribution < -0.4 is 10.5 Å². The van der Waals surface area contributed by atoms with E-state index in [1.807, 2.05) is 20.2 Å².